The lowest BCUT2D eigenvalue weighted by atomic mass is 10.0. The molecule has 2 N–H and O–H groups in total. The molecule has 0 bridgehead atoms. The van der Waals surface area contributed by atoms with Crippen LogP contribution >= 0.6 is 15.9 Å². The molecule has 1 aromatic heterocycles. The van der Waals surface area contributed by atoms with Gasteiger partial charge in [-0.2, -0.15) is 0 Å². The molecule has 1 amide bonds. The number of amides is 1. The summed E-state index contributed by atoms with van der Waals surface area (Å²) < 4.78 is 5.62. The Labute approximate surface area is 114 Å². The summed E-state index contributed by atoms with van der Waals surface area (Å²) in [5, 5.41) is 11.5. The lowest BCUT2D eigenvalue weighted by Gasteiger charge is -2.15. The van der Waals surface area contributed by atoms with Crippen molar-refractivity contribution in [3.8, 4) is 0 Å². The predicted octanol–water partition coefficient (Wildman–Crippen LogP) is 2.58. The van der Waals surface area contributed by atoms with Gasteiger partial charge in [0.1, 0.15) is 6.04 Å². The highest BCUT2D eigenvalue weighted by Gasteiger charge is 2.24. The van der Waals surface area contributed by atoms with Gasteiger partial charge in [-0.3, -0.25) is 4.79 Å². The molecule has 0 aromatic carbocycles. The Morgan fingerprint density at radius 3 is 2.50 bits per heavy atom. The predicted molar refractivity (Wildman–Crippen MR) is 69.5 cm³/mol. The molecule has 6 heteroatoms. The summed E-state index contributed by atoms with van der Waals surface area (Å²) in [4.78, 5) is 22.9. The van der Waals surface area contributed by atoms with E-state index in [0.717, 1.165) is 0 Å². The van der Waals surface area contributed by atoms with E-state index >= 15 is 0 Å². The van der Waals surface area contributed by atoms with Crippen LogP contribution in [0.1, 0.15) is 36.4 Å². The summed E-state index contributed by atoms with van der Waals surface area (Å²) in [5.41, 5.74) is 0.660. The average molecular weight is 318 g/mol. The second-order valence-corrected chi connectivity index (χ2v) is 5.34. The molecule has 100 valence electrons. The summed E-state index contributed by atoms with van der Waals surface area (Å²) in [7, 11) is 0. The fourth-order valence-corrected chi connectivity index (χ4v) is 2.09. The monoisotopic (exact) mass is 317 g/mol. The van der Waals surface area contributed by atoms with Crippen molar-refractivity contribution in [3.05, 3.63) is 22.1 Å². The molecule has 0 saturated heterocycles. The number of carboxylic acid groups (broad SMARTS) is 1. The number of rotatable bonds is 5. The lowest BCUT2D eigenvalue weighted by Crippen LogP contribution is -2.41. The quantitative estimate of drug-likeness (QED) is 0.874. The Morgan fingerprint density at radius 2 is 2.11 bits per heavy atom. The minimum atomic E-state index is -1.04. The van der Waals surface area contributed by atoms with Crippen LogP contribution in [0.3, 0.4) is 0 Å². The SMILES string of the molecule is Cc1cc(Br)oc1C(=O)N[C@@H](CC(C)C)C(=O)O. The first-order chi connectivity index (χ1) is 8.31. The minimum absolute atomic E-state index is 0.136. The minimum Gasteiger partial charge on any atom is -0.480 e. The van der Waals surface area contributed by atoms with E-state index in [-0.39, 0.29) is 11.7 Å². The van der Waals surface area contributed by atoms with Gasteiger partial charge in [-0.05, 0) is 41.3 Å². The topological polar surface area (TPSA) is 79.5 Å². The average Bonchev–Trinajstić information content (AvgIpc) is 2.56. The number of carboxylic acids is 1. The zero-order valence-electron chi connectivity index (χ0n) is 10.5. The van der Waals surface area contributed by atoms with Crippen molar-refractivity contribution in [3.63, 3.8) is 0 Å². The van der Waals surface area contributed by atoms with E-state index in [0.29, 0.717) is 16.7 Å². The molecule has 1 atom stereocenters. The van der Waals surface area contributed by atoms with Crippen LogP contribution in [0.2, 0.25) is 0 Å². The number of halogens is 1. The molecule has 0 aliphatic heterocycles. The van der Waals surface area contributed by atoms with Crippen molar-refractivity contribution in [1.82, 2.24) is 5.32 Å². The van der Waals surface area contributed by atoms with E-state index in [9.17, 15) is 9.59 Å². The maximum atomic E-state index is 11.9. The number of carbonyl (C=O) groups is 2. The number of hydrogen-bond acceptors (Lipinski definition) is 3. The number of aliphatic carboxylic acids is 1. The zero-order valence-corrected chi connectivity index (χ0v) is 12.1. The van der Waals surface area contributed by atoms with Gasteiger partial charge in [0.05, 0.1) is 0 Å². The van der Waals surface area contributed by atoms with Crippen molar-refractivity contribution in [2.24, 2.45) is 5.92 Å². The number of aryl methyl sites for hydroxylation is 1. The Hall–Kier alpha value is -1.30. The molecular formula is C12H16BrNO4. The van der Waals surface area contributed by atoms with Gasteiger partial charge in [0.25, 0.3) is 5.91 Å². The van der Waals surface area contributed by atoms with Crippen molar-refractivity contribution < 1.29 is 19.1 Å². The number of hydrogen-bond donors (Lipinski definition) is 2. The zero-order chi connectivity index (χ0) is 13.9. The molecule has 0 aliphatic rings. The molecule has 5 nitrogen and oxygen atoms in total. The molecule has 0 aliphatic carbocycles. The van der Waals surface area contributed by atoms with E-state index < -0.39 is 17.9 Å². The van der Waals surface area contributed by atoms with Crippen molar-refractivity contribution >= 4 is 27.8 Å². The molecule has 0 fully saturated rings. The lowest BCUT2D eigenvalue weighted by molar-refractivity contribution is -0.139. The molecule has 0 spiro atoms. The maximum Gasteiger partial charge on any atom is 0.326 e. The van der Waals surface area contributed by atoms with E-state index in [1.807, 2.05) is 13.8 Å². The third-order valence-electron chi connectivity index (χ3n) is 2.40. The summed E-state index contributed by atoms with van der Waals surface area (Å²) in [6.07, 6.45) is 0.377. The molecule has 18 heavy (non-hydrogen) atoms. The van der Waals surface area contributed by atoms with Gasteiger partial charge in [0, 0.05) is 5.56 Å². The van der Waals surface area contributed by atoms with Gasteiger partial charge < -0.3 is 14.8 Å². The Kier molecular flexibility index (Phi) is 4.95. The van der Waals surface area contributed by atoms with Gasteiger partial charge in [-0.15, -0.1) is 0 Å². The van der Waals surface area contributed by atoms with E-state index in [4.69, 9.17) is 9.52 Å². The molecule has 1 heterocycles. The van der Waals surface area contributed by atoms with E-state index in [1.165, 1.54) is 0 Å². The van der Waals surface area contributed by atoms with Gasteiger partial charge in [-0.1, -0.05) is 13.8 Å². The van der Waals surface area contributed by atoms with E-state index in [1.54, 1.807) is 13.0 Å². The van der Waals surface area contributed by atoms with Crippen LogP contribution in [-0.4, -0.2) is 23.0 Å². The van der Waals surface area contributed by atoms with Gasteiger partial charge in [0.2, 0.25) is 0 Å². The van der Waals surface area contributed by atoms with Gasteiger partial charge in [0.15, 0.2) is 10.4 Å². The number of furan rings is 1. The van der Waals surface area contributed by atoms with Crippen LogP contribution < -0.4 is 5.32 Å². The van der Waals surface area contributed by atoms with Crippen LogP contribution in [-0.2, 0) is 4.79 Å². The van der Waals surface area contributed by atoms with Gasteiger partial charge >= 0.3 is 5.97 Å². The first-order valence-electron chi connectivity index (χ1n) is 5.60. The van der Waals surface area contributed by atoms with Gasteiger partial charge in [-0.25, -0.2) is 4.79 Å². The standard InChI is InChI=1S/C12H16BrNO4/c1-6(2)4-8(12(16)17)14-11(15)10-7(3)5-9(13)18-10/h5-6,8H,4H2,1-3H3,(H,14,15)(H,16,17)/t8-/m0/s1. The fourth-order valence-electron chi connectivity index (χ4n) is 1.59. The molecule has 1 rings (SSSR count). The molecule has 0 unspecified atom stereocenters. The normalized spacial score (nSPS) is 12.5. The third-order valence-corrected chi connectivity index (χ3v) is 2.80. The smallest absolute Gasteiger partial charge is 0.326 e. The highest BCUT2D eigenvalue weighted by atomic mass is 79.9. The maximum absolute atomic E-state index is 11.9. The van der Waals surface area contributed by atoms with E-state index in [2.05, 4.69) is 21.2 Å². The first-order valence-corrected chi connectivity index (χ1v) is 6.40. The fraction of sp³-hybridized carbons (Fsp3) is 0.500. The Bertz CT molecular complexity index is 453. The van der Waals surface area contributed by atoms with Crippen LogP contribution in [0.5, 0.6) is 0 Å². The highest BCUT2D eigenvalue weighted by Crippen LogP contribution is 2.19. The van der Waals surface area contributed by atoms with Crippen LogP contribution in [0.4, 0.5) is 0 Å². The van der Waals surface area contributed by atoms with Crippen LogP contribution in [0, 0.1) is 12.8 Å². The van der Waals surface area contributed by atoms with Crippen LogP contribution in [0.25, 0.3) is 0 Å². The summed E-state index contributed by atoms with van der Waals surface area (Å²) >= 11 is 3.12. The summed E-state index contributed by atoms with van der Waals surface area (Å²) in [6.45, 7) is 5.52. The first kappa shape index (κ1) is 14.8. The number of nitrogens with one attached hydrogen (secondary N) is 1. The molecule has 0 saturated carbocycles. The largest absolute Gasteiger partial charge is 0.480 e. The highest BCUT2D eigenvalue weighted by molar-refractivity contribution is 9.10. The second kappa shape index (κ2) is 6.04. The van der Waals surface area contributed by atoms with Crippen LogP contribution in [0.15, 0.2) is 15.2 Å². The summed E-state index contributed by atoms with van der Waals surface area (Å²) in [5.74, 6) is -1.24. The van der Waals surface area contributed by atoms with Crippen molar-refractivity contribution in [1.29, 1.82) is 0 Å². The molecule has 0 radical (unpaired) electrons. The summed E-state index contributed by atoms with van der Waals surface area (Å²) in [6, 6.07) is 0.758. The molecule has 1 aromatic rings. The number of carbonyl (C=O) groups excluding carboxylic acids is 1. The third kappa shape index (κ3) is 3.87. The van der Waals surface area contributed by atoms with Crippen molar-refractivity contribution in [2.75, 3.05) is 0 Å². The Balaban J connectivity index is 2.78. The van der Waals surface area contributed by atoms with Crippen molar-refractivity contribution in [2.45, 2.75) is 33.2 Å². The Morgan fingerprint density at radius 1 is 1.50 bits per heavy atom. The molecular weight excluding hydrogens is 302 g/mol. The second-order valence-electron chi connectivity index (χ2n) is 4.56.